The van der Waals surface area contributed by atoms with E-state index in [0.717, 1.165) is 51.7 Å². The summed E-state index contributed by atoms with van der Waals surface area (Å²) in [6.07, 6.45) is 3.67. The Hall–Kier alpha value is -3.18. The molecule has 2 aromatic heterocycles. The molecule has 0 saturated carbocycles. The lowest BCUT2D eigenvalue weighted by Crippen LogP contribution is -3.10. The Balaban J connectivity index is 1.71. The second-order valence-corrected chi connectivity index (χ2v) is 7.40. The number of fused-ring (bicyclic) bond motifs is 6. The quantitative estimate of drug-likeness (QED) is 0.559. The van der Waals surface area contributed by atoms with Crippen molar-refractivity contribution in [3.05, 3.63) is 71.2 Å². The minimum atomic E-state index is 0.0214. The van der Waals surface area contributed by atoms with E-state index in [1.165, 1.54) is 4.90 Å². The number of furan rings is 1. The number of quaternary nitrogens is 1. The first-order valence-electron chi connectivity index (χ1n) is 9.46. The maximum Gasteiger partial charge on any atom is 0.223 e. The predicted octanol–water partition coefficient (Wildman–Crippen LogP) is 3.43. The molecule has 1 aliphatic rings. The number of carbonyl (C=O) groups excluding carboxylic acids is 1. The third-order valence-electron chi connectivity index (χ3n) is 5.45. The largest absolute Gasteiger partial charge is 0.460 e. The van der Waals surface area contributed by atoms with Gasteiger partial charge in [-0.25, -0.2) is 0 Å². The second kappa shape index (κ2) is 6.46. The minimum Gasteiger partial charge on any atom is -0.460 e. The smallest absolute Gasteiger partial charge is 0.223 e. The van der Waals surface area contributed by atoms with E-state index in [2.05, 4.69) is 17.1 Å². The highest BCUT2D eigenvalue weighted by Crippen LogP contribution is 2.42. The molecule has 5 rings (SSSR count). The van der Waals surface area contributed by atoms with Crippen molar-refractivity contribution < 1.29 is 18.8 Å². The molecule has 140 valence electrons. The number of aromatic nitrogens is 1. The maximum absolute atomic E-state index is 12.4. The fourth-order valence-corrected chi connectivity index (χ4v) is 4.32. The Bertz CT molecular complexity index is 1210. The van der Waals surface area contributed by atoms with E-state index in [0.29, 0.717) is 18.1 Å². The van der Waals surface area contributed by atoms with Crippen LogP contribution in [0.5, 0.6) is 5.75 Å². The molecular weight excluding hydrogens is 352 g/mol. The lowest BCUT2D eigenvalue weighted by atomic mass is 9.95. The fourth-order valence-electron chi connectivity index (χ4n) is 4.32. The van der Waals surface area contributed by atoms with Crippen LogP contribution in [0.25, 0.3) is 21.7 Å². The zero-order chi connectivity index (χ0) is 19.3. The molecule has 1 unspecified atom stereocenters. The summed E-state index contributed by atoms with van der Waals surface area (Å²) in [6.45, 7) is 5.62. The second-order valence-electron chi connectivity index (χ2n) is 7.40. The molecule has 0 spiro atoms. The molecular formula is C23H21N2O3+. The van der Waals surface area contributed by atoms with E-state index in [1.807, 2.05) is 37.4 Å². The van der Waals surface area contributed by atoms with Crippen molar-refractivity contribution in [2.45, 2.75) is 26.9 Å². The van der Waals surface area contributed by atoms with Gasteiger partial charge in [0.25, 0.3) is 0 Å². The molecule has 1 aliphatic heterocycles. The van der Waals surface area contributed by atoms with Crippen LogP contribution in [0.1, 0.15) is 34.2 Å². The molecule has 0 aliphatic carbocycles. The molecule has 0 radical (unpaired) electrons. The van der Waals surface area contributed by atoms with E-state index >= 15 is 0 Å². The van der Waals surface area contributed by atoms with E-state index in [-0.39, 0.29) is 5.78 Å². The van der Waals surface area contributed by atoms with Crippen LogP contribution < -0.4 is 9.64 Å². The number of nitrogens with one attached hydrogen (secondary N) is 1. The van der Waals surface area contributed by atoms with Gasteiger partial charge in [0.1, 0.15) is 30.2 Å². The number of aryl methyl sites for hydroxylation is 1. The summed E-state index contributed by atoms with van der Waals surface area (Å²) < 4.78 is 12.4. The van der Waals surface area contributed by atoms with Gasteiger partial charge in [-0.2, -0.15) is 0 Å². The topological polar surface area (TPSA) is 56.8 Å². The number of hydrogen-bond donors (Lipinski definition) is 1. The van der Waals surface area contributed by atoms with Gasteiger partial charge < -0.3 is 9.15 Å². The zero-order valence-corrected chi connectivity index (χ0v) is 15.9. The van der Waals surface area contributed by atoms with Gasteiger partial charge in [0.05, 0.1) is 11.1 Å². The Kier molecular flexibility index (Phi) is 3.91. The maximum atomic E-state index is 12.4. The van der Waals surface area contributed by atoms with Crippen LogP contribution in [0.3, 0.4) is 0 Å². The van der Waals surface area contributed by atoms with Gasteiger partial charge in [-0.3, -0.25) is 14.7 Å². The lowest BCUT2D eigenvalue weighted by molar-refractivity contribution is -0.945. The van der Waals surface area contributed by atoms with Crippen molar-refractivity contribution >= 4 is 27.5 Å². The standard InChI is InChI=1S/C23H20N2O3/c1-14(26)20-15(2)28-23-18-8-4-3-7-17(18)22-19(21(20)23)12-25(13-27-22)11-16-6-5-9-24-10-16/h3-10H,11-13H2,1-2H3/p+1. The summed E-state index contributed by atoms with van der Waals surface area (Å²) in [5, 5.41) is 2.93. The van der Waals surface area contributed by atoms with Gasteiger partial charge in [-0.1, -0.05) is 30.3 Å². The molecule has 0 amide bonds. The number of ketones is 1. The number of Topliss-reactive ketones (excluding diaryl/α,β-unsaturated/α-hetero) is 1. The molecule has 5 nitrogen and oxygen atoms in total. The average molecular weight is 373 g/mol. The van der Waals surface area contributed by atoms with Crippen molar-refractivity contribution in [2.75, 3.05) is 6.73 Å². The Labute approximate surface area is 162 Å². The Morgan fingerprint density at radius 3 is 2.75 bits per heavy atom. The molecule has 28 heavy (non-hydrogen) atoms. The molecule has 0 fully saturated rings. The van der Waals surface area contributed by atoms with Gasteiger partial charge in [0.2, 0.25) is 6.73 Å². The third kappa shape index (κ3) is 2.59. The van der Waals surface area contributed by atoms with Crippen LogP contribution in [0.4, 0.5) is 0 Å². The van der Waals surface area contributed by atoms with Crippen LogP contribution in [-0.2, 0) is 13.1 Å². The van der Waals surface area contributed by atoms with Crippen LogP contribution in [0.2, 0.25) is 0 Å². The van der Waals surface area contributed by atoms with E-state index in [4.69, 9.17) is 9.15 Å². The summed E-state index contributed by atoms with van der Waals surface area (Å²) in [5.74, 6) is 1.56. The lowest BCUT2D eigenvalue weighted by Gasteiger charge is -2.27. The average Bonchev–Trinajstić information content (AvgIpc) is 3.06. The van der Waals surface area contributed by atoms with E-state index in [9.17, 15) is 4.79 Å². The SMILES string of the molecule is CC(=O)c1c(C)oc2c1c1c(c3ccccc32)OC[NH+](Cc2cccnc2)C1. The summed E-state index contributed by atoms with van der Waals surface area (Å²) in [6, 6.07) is 12.1. The van der Waals surface area contributed by atoms with Crippen molar-refractivity contribution in [3.8, 4) is 5.75 Å². The van der Waals surface area contributed by atoms with Gasteiger partial charge >= 0.3 is 0 Å². The first-order chi connectivity index (χ1) is 13.6. The zero-order valence-electron chi connectivity index (χ0n) is 15.9. The molecule has 4 aromatic rings. The minimum absolute atomic E-state index is 0.0214. The number of benzene rings is 2. The Morgan fingerprint density at radius 2 is 2.00 bits per heavy atom. The first-order valence-corrected chi connectivity index (χ1v) is 9.46. The summed E-state index contributed by atoms with van der Waals surface area (Å²) in [7, 11) is 0. The molecule has 2 aromatic carbocycles. The molecule has 1 N–H and O–H groups in total. The van der Waals surface area contributed by atoms with E-state index < -0.39 is 0 Å². The van der Waals surface area contributed by atoms with Crippen LogP contribution in [0, 0.1) is 6.92 Å². The normalized spacial score (nSPS) is 16.1. The molecule has 0 saturated heterocycles. The summed E-state index contributed by atoms with van der Waals surface area (Å²) in [5.41, 5.74) is 3.67. The van der Waals surface area contributed by atoms with Gasteiger partial charge in [-0.05, 0) is 19.9 Å². The highest BCUT2D eigenvalue weighted by atomic mass is 16.5. The third-order valence-corrected chi connectivity index (χ3v) is 5.45. The number of carbonyl (C=O) groups is 1. The summed E-state index contributed by atoms with van der Waals surface area (Å²) >= 11 is 0. The monoisotopic (exact) mass is 373 g/mol. The van der Waals surface area contributed by atoms with Crippen LogP contribution in [0.15, 0.2) is 53.2 Å². The number of nitrogens with zero attached hydrogens (tertiary/aromatic N) is 1. The van der Waals surface area contributed by atoms with E-state index in [1.54, 1.807) is 13.1 Å². The van der Waals surface area contributed by atoms with Crippen LogP contribution in [-0.4, -0.2) is 17.5 Å². The number of ether oxygens (including phenoxy) is 1. The fraction of sp³-hybridized carbons (Fsp3) is 0.217. The molecule has 1 atom stereocenters. The van der Waals surface area contributed by atoms with Crippen molar-refractivity contribution in [3.63, 3.8) is 0 Å². The van der Waals surface area contributed by atoms with Crippen molar-refractivity contribution in [1.29, 1.82) is 0 Å². The molecule has 5 heteroatoms. The Morgan fingerprint density at radius 1 is 1.18 bits per heavy atom. The number of pyridine rings is 1. The number of hydrogen-bond acceptors (Lipinski definition) is 4. The highest BCUT2D eigenvalue weighted by Gasteiger charge is 2.30. The summed E-state index contributed by atoms with van der Waals surface area (Å²) in [4.78, 5) is 17.9. The van der Waals surface area contributed by atoms with Crippen molar-refractivity contribution in [2.24, 2.45) is 0 Å². The van der Waals surface area contributed by atoms with Gasteiger partial charge in [0, 0.05) is 34.1 Å². The number of rotatable bonds is 3. The first kappa shape index (κ1) is 17.0. The van der Waals surface area contributed by atoms with Gasteiger partial charge in [0.15, 0.2) is 5.78 Å². The van der Waals surface area contributed by atoms with Gasteiger partial charge in [-0.15, -0.1) is 0 Å². The predicted molar refractivity (Wildman–Crippen MR) is 107 cm³/mol. The molecule has 0 bridgehead atoms. The van der Waals surface area contributed by atoms with Crippen molar-refractivity contribution in [1.82, 2.24) is 4.98 Å². The molecule has 3 heterocycles. The highest BCUT2D eigenvalue weighted by molar-refractivity contribution is 6.17. The van der Waals surface area contributed by atoms with Crippen LogP contribution >= 0.6 is 0 Å².